The lowest BCUT2D eigenvalue weighted by Gasteiger charge is -2.35. The number of amides is 1. The maximum atomic E-state index is 13.0. The van der Waals surface area contributed by atoms with E-state index in [9.17, 15) is 9.59 Å². The summed E-state index contributed by atoms with van der Waals surface area (Å²) < 4.78 is 0. The highest BCUT2D eigenvalue weighted by molar-refractivity contribution is 6.30. The molecule has 3 heterocycles. The number of halogens is 1. The van der Waals surface area contributed by atoms with Crippen molar-refractivity contribution >= 4 is 29.1 Å². The molecule has 1 fully saturated rings. The number of nitrogens with one attached hydrogen (secondary N) is 1. The van der Waals surface area contributed by atoms with Crippen LogP contribution >= 0.6 is 11.6 Å². The molecule has 2 aliphatic rings. The Morgan fingerprint density at radius 2 is 1.96 bits per heavy atom. The second-order valence-electron chi connectivity index (χ2n) is 6.87. The molecule has 4 rings (SSSR count). The SMILES string of the molecule is Cc1c(C(=O)N2CCN(c3ccc(Cl)cn3)CC2)[nH]c2c1C(=O)CCC2. The van der Waals surface area contributed by atoms with Gasteiger partial charge < -0.3 is 14.8 Å². The number of pyridine rings is 1. The van der Waals surface area contributed by atoms with E-state index in [0.29, 0.717) is 30.2 Å². The van der Waals surface area contributed by atoms with E-state index in [0.717, 1.165) is 48.6 Å². The zero-order chi connectivity index (χ0) is 18.3. The Balaban J connectivity index is 1.47. The number of rotatable bonds is 2. The number of Topliss-reactive ketones (excluding diaryl/α,β-unsaturated/α-hetero) is 1. The van der Waals surface area contributed by atoms with Gasteiger partial charge in [0.15, 0.2) is 5.78 Å². The monoisotopic (exact) mass is 372 g/mol. The van der Waals surface area contributed by atoms with Crippen LogP contribution in [0.25, 0.3) is 0 Å². The third-order valence-electron chi connectivity index (χ3n) is 5.25. The van der Waals surface area contributed by atoms with Gasteiger partial charge in [-0.05, 0) is 37.5 Å². The minimum atomic E-state index is -0.0200. The van der Waals surface area contributed by atoms with Crippen LogP contribution in [0.4, 0.5) is 5.82 Å². The first kappa shape index (κ1) is 17.1. The van der Waals surface area contributed by atoms with Gasteiger partial charge in [-0.15, -0.1) is 0 Å². The Kier molecular flexibility index (Phi) is 4.44. The fourth-order valence-corrected chi connectivity index (χ4v) is 3.95. The van der Waals surface area contributed by atoms with Crippen LogP contribution in [-0.2, 0) is 6.42 Å². The summed E-state index contributed by atoms with van der Waals surface area (Å²) in [5, 5.41) is 0.614. The first-order valence-electron chi connectivity index (χ1n) is 8.95. The van der Waals surface area contributed by atoms with Gasteiger partial charge in [-0.25, -0.2) is 4.98 Å². The predicted molar refractivity (Wildman–Crippen MR) is 100 cm³/mol. The smallest absolute Gasteiger partial charge is 0.270 e. The van der Waals surface area contributed by atoms with Crippen LogP contribution < -0.4 is 4.90 Å². The molecule has 1 saturated heterocycles. The summed E-state index contributed by atoms with van der Waals surface area (Å²) in [7, 11) is 0. The highest BCUT2D eigenvalue weighted by Crippen LogP contribution is 2.27. The number of carbonyl (C=O) groups excluding carboxylic acids is 2. The molecule has 6 nitrogen and oxygen atoms in total. The minimum absolute atomic E-state index is 0.0200. The van der Waals surface area contributed by atoms with Gasteiger partial charge in [0.2, 0.25) is 0 Å². The van der Waals surface area contributed by atoms with Crippen LogP contribution in [0.1, 0.15) is 44.9 Å². The Hall–Kier alpha value is -2.34. The lowest BCUT2D eigenvalue weighted by molar-refractivity contribution is 0.0740. The summed E-state index contributed by atoms with van der Waals surface area (Å²) in [6.45, 7) is 4.57. The summed E-state index contributed by atoms with van der Waals surface area (Å²) in [5.74, 6) is 1.00. The maximum absolute atomic E-state index is 13.0. The third kappa shape index (κ3) is 2.98. The number of piperazine rings is 1. The number of hydrogen-bond acceptors (Lipinski definition) is 4. The lowest BCUT2D eigenvalue weighted by Crippen LogP contribution is -2.49. The number of ketones is 1. The maximum Gasteiger partial charge on any atom is 0.270 e. The molecule has 2 aromatic heterocycles. The molecule has 1 N–H and O–H groups in total. The zero-order valence-corrected chi connectivity index (χ0v) is 15.5. The molecule has 0 bridgehead atoms. The molecule has 0 atom stereocenters. The Morgan fingerprint density at radius 1 is 1.19 bits per heavy atom. The molecule has 136 valence electrons. The van der Waals surface area contributed by atoms with Crippen molar-refractivity contribution in [1.29, 1.82) is 0 Å². The van der Waals surface area contributed by atoms with E-state index < -0.39 is 0 Å². The molecule has 1 aliphatic heterocycles. The van der Waals surface area contributed by atoms with Crippen LogP contribution in [0.3, 0.4) is 0 Å². The number of aromatic amines is 1. The molecule has 7 heteroatoms. The highest BCUT2D eigenvalue weighted by atomic mass is 35.5. The van der Waals surface area contributed by atoms with Gasteiger partial charge >= 0.3 is 0 Å². The summed E-state index contributed by atoms with van der Waals surface area (Å²) in [6, 6.07) is 3.72. The van der Waals surface area contributed by atoms with Gasteiger partial charge in [0, 0.05) is 50.1 Å². The zero-order valence-electron chi connectivity index (χ0n) is 14.7. The van der Waals surface area contributed by atoms with Crippen molar-refractivity contribution in [3.05, 3.63) is 45.9 Å². The second kappa shape index (κ2) is 6.76. The summed E-state index contributed by atoms with van der Waals surface area (Å²) in [5.41, 5.74) is 3.04. The van der Waals surface area contributed by atoms with Crippen molar-refractivity contribution in [2.45, 2.75) is 26.2 Å². The van der Waals surface area contributed by atoms with E-state index in [1.54, 1.807) is 6.20 Å². The van der Waals surface area contributed by atoms with Crippen molar-refractivity contribution in [3.8, 4) is 0 Å². The molecular formula is C19H21ClN4O2. The van der Waals surface area contributed by atoms with Crippen molar-refractivity contribution in [1.82, 2.24) is 14.9 Å². The quantitative estimate of drug-likeness (QED) is 0.880. The van der Waals surface area contributed by atoms with Crippen LogP contribution in [0.15, 0.2) is 18.3 Å². The average Bonchev–Trinajstić information content (AvgIpc) is 3.00. The number of H-pyrrole nitrogens is 1. The van der Waals surface area contributed by atoms with Crippen LogP contribution in [-0.4, -0.2) is 52.7 Å². The molecule has 26 heavy (non-hydrogen) atoms. The summed E-state index contributed by atoms with van der Waals surface area (Å²) in [6.07, 6.45) is 3.90. The van der Waals surface area contributed by atoms with Gasteiger partial charge in [-0.3, -0.25) is 9.59 Å². The van der Waals surface area contributed by atoms with E-state index in [1.807, 2.05) is 24.0 Å². The van der Waals surface area contributed by atoms with Crippen LogP contribution in [0, 0.1) is 6.92 Å². The van der Waals surface area contributed by atoms with E-state index in [-0.39, 0.29) is 11.7 Å². The molecule has 0 unspecified atom stereocenters. The predicted octanol–water partition coefficient (Wildman–Crippen LogP) is 2.85. The molecule has 1 aliphatic carbocycles. The number of fused-ring (bicyclic) bond motifs is 1. The first-order chi connectivity index (χ1) is 12.5. The summed E-state index contributed by atoms with van der Waals surface area (Å²) >= 11 is 5.89. The molecule has 0 spiro atoms. The molecule has 0 saturated carbocycles. The fraction of sp³-hybridized carbons (Fsp3) is 0.421. The molecule has 0 aromatic carbocycles. The van der Waals surface area contributed by atoms with E-state index in [1.165, 1.54) is 0 Å². The topological polar surface area (TPSA) is 69.3 Å². The van der Waals surface area contributed by atoms with Gasteiger partial charge in [-0.2, -0.15) is 0 Å². The Morgan fingerprint density at radius 3 is 2.62 bits per heavy atom. The minimum Gasteiger partial charge on any atom is -0.354 e. The Labute approximate surface area is 157 Å². The van der Waals surface area contributed by atoms with Gasteiger partial charge in [0.25, 0.3) is 5.91 Å². The van der Waals surface area contributed by atoms with E-state index >= 15 is 0 Å². The number of hydrogen-bond donors (Lipinski definition) is 1. The Bertz CT molecular complexity index is 851. The van der Waals surface area contributed by atoms with Crippen molar-refractivity contribution in [3.63, 3.8) is 0 Å². The highest BCUT2D eigenvalue weighted by Gasteiger charge is 2.30. The van der Waals surface area contributed by atoms with Crippen LogP contribution in [0.5, 0.6) is 0 Å². The number of carbonyl (C=O) groups is 2. The van der Waals surface area contributed by atoms with E-state index in [2.05, 4.69) is 14.9 Å². The lowest BCUT2D eigenvalue weighted by atomic mass is 9.93. The molecule has 1 amide bonds. The normalized spacial score (nSPS) is 17.4. The summed E-state index contributed by atoms with van der Waals surface area (Å²) in [4.78, 5) is 36.7. The van der Waals surface area contributed by atoms with E-state index in [4.69, 9.17) is 11.6 Å². The van der Waals surface area contributed by atoms with Crippen molar-refractivity contribution < 1.29 is 9.59 Å². The largest absolute Gasteiger partial charge is 0.354 e. The van der Waals surface area contributed by atoms with Gasteiger partial charge in [-0.1, -0.05) is 11.6 Å². The van der Waals surface area contributed by atoms with Crippen LogP contribution in [0.2, 0.25) is 5.02 Å². The number of aryl methyl sites for hydroxylation is 1. The molecule has 2 aromatic rings. The number of anilines is 1. The van der Waals surface area contributed by atoms with Gasteiger partial charge in [0.05, 0.1) is 5.02 Å². The molecule has 0 radical (unpaired) electrons. The number of aromatic nitrogens is 2. The fourth-order valence-electron chi connectivity index (χ4n) is 3.84. The van der Waals surface area contributed by atoms with Crippen molar-refractivity contribution in [2.75, 3.05) is 31.1 Å². The average molecular weight is 373 g/mol. The van der Waals surface area contributed by atoms with Gasteiger partial charge in [0.1, 0.15) is 11.5 Å². The van der Waals surface area contributed by atoms with Crippen molar-refractivity contribution in [2.24, 2.45) is 0 Å². The molecular weight excluding hydrogens is 352 g/mol. The first-order valence-corrected chi connectivity index (χ1v) is 9.33. The number of nitrogens with zero attached hydrogens (tertiary/aromatic N) is 3. The second-order valence-corrected chi connectivity index (χ2v) is 7.31. The third-order valence-corrected chi connectivity index (χ3v) is 5.48. The standard InChI is InChI=1S/C19H21ClN4O2/c1-12-17-14(3-2-4-15(17)25)22-18(12)19(26)24-9-7-23(8-10-24)16-6-5-13(20)11-21-16/h5-6,11,22H,2-4,7-10H2,1H3.